The monoisotopic (exact) mass is 373 g/mol. The average Bonchev–Trinajstić information content (AvgIpc) is 3.39. The molecule has 1 aromatic rings. The summed E-state index contributed by atoms with van der Waals surface area (Å²) in [5, 5.41) is 3.30. The van der Waals surface area contributed by atoms with E-state index in [0.29, 0.717) is 18.2 Å². The van der Waals surface area contributed by atoms with E-state index in [2.05, 4.69) is 15.1 Å². The fourth-order valence-electron chi connectivity index (χ4n) is 5.30. The molecular weight excluding hydrogens is 341 g/mol. The molecule has 2 saturated heterocycles. The molecule has 1 aliphatic carbocycles. The number of amides is 1. The molecule has 1 atom stereocenters. The number of hydrogen-bond acceptors (Lipinski definition) is 3. The largest absolute Gasteiger partial charge is 0.369 e. The molecule has 3 fully saturated rings. The number of para-hydroxylation sites is 1. The van der Waals surface area contributed by atoms with Gasteiger partial charge in [0.25, 0.3) is 0 Å². The van der Waals surface area contributed by atoms with E-state index in [1.54, 1.807) is 6.07 Å². The van der Waals surface area contributed by atoms with Gasteiger partial charge in [-0.25, -0.2) is 4.39 Å². The van der Waals surface area contributed by atoms with Gasteiger partial charge in [-0.3, -0.25) is 9.69 Å². The number of benzene rings is 1. The summed E-state index contributed by atoms with van der Waals surface area (Å²) in [5.74, 6) is 0.485. The maximum Gasteiger partial charge on any atom is 0.240 e. The minimum absolute atomic E-state index is 0.155. The van der Waals surface area contributed by atoms with Crippen molar-refractivity contribution in [2.75, 3.05) is 37.6 Å². The van der Waals surface area contributed by atoms with Crippen LogP contribution in [0, 0.1) is 11.7 Å². The Kier molecular flexibility index (Phi) is 5.67. The number of carbonyl (C=O) groups is 1. The molecule has 1 amide bonds. The van der Waals surface area contributed by atoms with Gasteiger partial charge < -0.3 is 10.2 Å². The summed E-state index contributed by atoms with van der Waals surface area (Å²) in [7, 11) is 0. The zero-order chi connectivity index (χ0) is 18.7. The predicted molar refractivity (Wildman–Crippen MR) is 106 cm³/mol. The highest BCUT2D eigenvalue weighted by Gasteiger charge is 2.45. The number of nitrogens with zero attached hydrogens (tertiary/aromatic N) is 2. The van der Waals surface area contributed by atoms with Crippen molar-refractivity contribution in [1.29, 1.82) is 0 Å². The lowest BCUT2D eigenvalue weighted by molar-refractivity contribution is -0.135. The van der Waals surface area contributed by atoms with E-state index in [4.69, 9.17) is 0 Å². The summed E-state index contributed by atoms with van der Waals surface area (Å²) in [4.78, 5) is 17.8. The lowest BCUT2D eigenvalue weighted by atomic mass is 9.79. The first kappa shape index (κ1) is 18.7. The van der Waals surface area contributed by atoms with E-state index in [0.717, 1.165) is 58.3 Å². The SMILES string of the molecule is O=C(NC[C@H]1CCN(c2ccccc2F)C1)C1(N2CCCC2)CCCCC1. The maximum absolute atomic E-state index is 14.0. The van der Waals surface area contributed by atoms with Crippen LogP contribution in [-0.4, -0.2) is 49.1 Å². The molecule has 148 valence electrons. The minimum atomic E-state index is -0.265. The molecule has 0 unspecified atom stereocenters. The van der Waals surface area contributed by atoms with Crippen LogP contribution < -0.4 is 10.2 Å². The van der Waals surface area contributed by atoms with Gasteiger partial charge in [0.2, 0.25) is 5.91 Å². The smallest absolute Gasteiger partial charge is 0.240 e. The zero-order valence-corrected chi connectivity index (χ0v) is 16.3. The second-order valence-electron chi connectivity index (χ2n) is 8.55. The number of rotatable bonds is 5. The van der Waals surface area contributed by atoms with Crippen LogP contribution in [0.2, 0.25) is 0 Å². The highest BCUT2D eigenvalue weighted by atomic mass is 19.1. The second kappa shape index (κ2) is 8.17. The first-order chi connectivity index (χ1) is 13.2. The van der Waals surface area contributed by atoms with Crippen molar-refractivity contribution in [2.45, 2.75) is 56.9 Å². The topological polar surface area (TPSA) is 35.6 Å². The molecule has 27 heavy (non-hydrogen) atoms. The normalized spacial score (nSPS) is 25.7. The highest BCUT2D eigenvalue weighted by molar-refractivity contribution is 5.86. The summed E-state index contributed by atoms with van der Waals surface area (Å²) < 4.78 is 14.0. The third-order valence-corrected chi connectivity index (χ3v) is 6.85. The quantitative estimate of drug-likeness (QED) is 0.857. The summed E-state index contributed by atoms with van der Waals surface area (Å²) in [6.45, 7) is 4.52. The molecule has 0 spiro atoms. The summed E-state index contributed by atoms with van der Waals surface area (Å²) in [6.07, 6.45) is 9.03. The number of anilines is 1. The van der Waals surface area contributed by atoms with E-state index in [1.165, 1.54) is 25.3 Å². The Morgan fingerprint density at radius 1 is 1.07 bits per heavy atom. The van der Waals surface area contributed by atoms with Gasteiger partial charge in [0.05, 0.1) is 5.69 Å². The molecule has 1 N–H and O–H groups in total. The first-order valence-electron chi connectivity index (χ1n) is 10.7. The van der Waals surface area contributed by atoms with Gasteiger partial charge in [-0.15, -0.1) is 0 Å². The number of carbonyl (C=O) groups excluding carboxylic acids is 1. The van der Waals surface area contributed by atoms with Crippen molar-refractivity contribution in [3.63, 3.8) is 0 Å². The zero-order valence-electron chi connectivity index (χ0n) is 16.3. The number of hydrogen-bond donors (Lipinski definition) is 1. The van der Waals surface area contributed by atoms with E-state index in [9.17, 15) is 9.18 Å². The van der Waals surface area contributed by atoms with E-state index < -0.39 is 0 Å². The van der Waals surface area contributed by atoms with Crippen LogP contribution >= 0.6 is 0 Å². The lowest BCUT2D eigenvalue weighted by Gasteiger charge is -2.43. The van der Waals surface area contributed by atoms with Crippen LogP contribution in [0.25, 0.3) is 0 Å². The summed E-state index contributed by atoms with van der Waals surface area (Å²) in [6, 6.07) is 6.99. The molecule has 5 heteroatoms. The third-order valence-electron chi connectivity index (χ3n) is 6.85. The van der Waals surface area contributed by atoms with Crippen LogP contribution in [0.15, 0.2) is 24.3 Å². The van der Waals surface area contributed by atoms with Gasteiger partial charge in [0.1, 0.15) is 11.4 Å². The van der Waals surface area contributed by atoms with Crippen LogP contribution in [0.3, 0.4) is 0 Å². The molecule has 0 radical (unpaired) electrons. The van der Waals surface area contributed by atoms with Gasteiger partial charge in [-0.1, -0.05) is 31.4 Å². The standard InChI is InChI=1S/C22H32FN3O/c23-19-8-2-3-9-20(19)25-15-10-18(17-25)16-24-21(27)22(11-4-1-5-12-22)26-13-6-7-14-26/h2-3,8-9,18H,1,4-7,10-17H2,(H,24,27)/t18-/m1/s1. The first-order valence-corrected chi connectivity index (χ1v) is 10.7. The van der Waals surface area contributed by atoms with Crippen molar-refractivity contribution in [2.24, 2.45) is 5.92 Å². The molecule has 1 saturated carbocycles. The number of likely N-dealkylation sites (tertiary alicyclic amines) is 1. The van der Waals surface area contributed by atoms with Crippen LogP contribution in [0.5, 0.6) is 0 Å². The Hall–Kier alpha value is -1.62. The molecular formula is C22H32FN3O. The van der Waals surface area contributed by atoms with Crippen LogP contribution in [0.4, 0.5) is 10.1 Å². The van der Waals surface area contributed by atoms with Crippen molar-refractivity contribution in [1.82, 2.24) is 10.2 Å². The van der Waals surface area contributed by atoms with E-state index in [-0.39, 0.29) is 17.3 Å². The third kappa shape index (κ3) is 3.84. The van der Waals surface area contributed by atoms with Crippen LogP contribution in [-0.2, 0) is 4.79 Å². The predicted octanol–water partition coefficient (Wildman–Crippen LogP) is 3.57. The van der Waals surface area contributed by atoms with Crippen molar-refractivity contribution < 1.29 is 9.18 Å². The molecule has 0 aromatic heterocycles. The fourth-order valence-corrected chi connectivity index (χ4v) is 5.30. The molecule has 1 aromatic carbocycles. The van der Waals surface area contributed by atoms with Gasteiger partial charge in [-0.2, -0.15) is 0 Å². The van der Waals surface area contributed by atoms with Crippen molar-refractivity contribution in [3.05, 3.63) is 30.1 Å². The molecule has 4 rings (SSSR count). The minimum Gasteiger partial charge on any atom is -0.369 e. The summed E-state index contributed by atoms with van der Waals surface area (Å²) in [5.41, 5.74) is 0.422. The van der Waals surface area contributed by atoms with Gasteiger partial charge in [0, 0.05) is 19.6 Å². The summed E-state index contributed by atoms with van der Waals surface area (Å²) >= 11 is 0. The lowest BCUT2D eigenvalue weighted by Crippen LogP contribution is -2.59. The second-order valence-corrected chi connectivity index (χ2v) is 8.55. The van der Waals surface area contributed by atoms with Gasteiger partial charge in [-0.05, 0) is 63.2 Å². The maximum atomic E-state index is 14.0. The van der Waals surface area contributed by atoms with Crippen molar-refractivity contribution in [3.8, 4) is 0 Å². The molecule has 3 aliphatic rings. The molecule has 2 heterocycles. The van der Waals surface area contributed by atoms with E-state index >= 15 is 0 Å². The van der Waals surface area contributed by atoms with Crippen molar-refractivity contribution >= 4 is 11.6 Å². The molecule has 0 bridgehead atoms. The van der Waals surface area contributed by atoms with Gasteiger partial charge >= 0.3 is 0 Å². The number of halogens is 1. The Morgan fingerprint density at radius 3 is 2.56 bits per heavy atom. The Morgan fingerprint density at radius 2 is 1.81 bits per heavy atom. The fraction of sp³-hybridized carbons (Fsp3) is 0.682. The average molecular weight is 374 g/mol. The number of nitrogens with one attached hydrogen (secondary N) is 1. The molecule has 2 aliphatic heterocycles. The Balaban J connectivity index is 1.35. The Labute approximate surface area is 162 Å². The van der Waals surface area contributed by atoms with Gasteiger partial charge in [0.15, 0.2) is 0 Å². The Bertz CT molecular complexity index is 653. The van der Waals surface area contributed by atoms with Crippen LogP contribution in [0.1, 0.15) is 51.4 Å². The highest BCUT2D eigenvalue weighted by Crippen LogP contribution is 2.36. The van der Waals surface area contributed by atoms with E-state index in [1.807, 2.05) is 12.1 Å². The molecule has 4 nitrogen and oxygen atoms in total.